The van der Waals surface area contributed by atoms with E-state index in [0.29, 0.717) is 16.9 Å². The van der Waals surface area contributed by atoms with Gasteiger partial charge in [0, 0.05) is 17.9 Å². The van der Waals surface area contributed by atoms with E-state index in [1.165, 1.54) is 18.2 Å². The number of rotatable bonds is 4. The zero-order valence-corrected chi connectivity index (χ0v) is 11.6. The first-order chi connectivity index (χ1) is 9.81. The van der Waals surface area contributed by atoms with E-state index in [2.05, 4.69) is 22.9 Å². The van der Waals surface area contributed by atoms with Gasteiger partial charge in [-0.2, -0.15) is 25.8 Å². The molecule has 2 N–H and O–H groups in total. The number of carbonyl (C=O) groups is 1. The van der Waals surface area contributed by atoms with Gasteiger partial charge >= 0.3 is 11.9 Å². The van der Waals surface area contributed by atoms with E-state index in [1.807, 2.05) is 0 Å². The third-order valence-electron chi connectivity index (χ3n) is 2.77. The molecule has 1 aromatic carbocycles. The molecular weight excluding hydrogens is 307 g/mol. The van der Waals surface area contributed by atoms with Gasteiger partial charge in [0.1, 0.15) is 6.54 Å². The summed E-state index contributed by atoms with van der Waals surface area (Å²) in [6, 6.07) is 4.09. The number of hydrogen-bond donors (Lipinski definition) is 3. The summed E-state index contributed by atoms with van der Waals surface area (Å²) < 4.78 is 38.0. The lowest BCUT2D eigenvalue weighted by Crippen LogP contribution is -2.27. The first-order valence-corrected chi connectivity index (χ1v) is 6.63. The number of H-pyrrole nitrogens is 1. The average Bonchev–Trinajstić information content (AvgIpc) is 2.70. The summed E-state index contributed by atoms with van der Waals surface area (Å²) in [6.07, 6.45) is -4.52. The Morgan fingerprint density at radius 3 is 2.71 bits per heavy atom. The summed E-state index contributed by atoms with van der Waals surface area (Å²) in [7, 11) is 0. The summed E-state index contributed by atoms with van der Waals surface area (Å²) in [5, 5.41) is 2.55. The normalized spacial score (nSPS) is 11.8. The van der Waals surface area contributed by atoms with Crippen LogP contribution in [0.4, 0.5) is 13.2 Å². The highest BCUT2D eigenvalue weighted by Gasteiger charge is 2.29. The van der Waals surface area contributed by atoms with Crippen molar-refractivity contribution in [1.29, 1.82) is 0 Å². The fraction of sp³-hybridized carbons (Fsp3) is 0.333. The minimum atomic E-state index is -4.52. The molecule has 0 bridgehead atoms. The number of aromatic nitrogens is 2. The number of benzene rings is 1. The van der Waals surface area contributed by atoms with E-state index in [0.717, 1.165) is 0 Å². The van der Waals surface area contributed by atoms with Crippen LogP contribution in [0.5, 0.6) is 0 Å². The van der Waals surface area contributed by atoms with Crippen LogP contribution < -0.4 is 11.0 Å². The first kappa shape index (κ1) is 15.5. The zero-order chi connectivity index (χ0) is 15.6. The fourth-order valence-electron chi connectivity index (χ4n) is 1.90. The number of hydrogen-bond acceptors (Lipinski definition) is 3. The monoisotopic (exact) mass is 319 g/mol. The predicted octanol–water partition coefficient (Wildman–Crippen LogP) is 1.55. The van der Waals surface area contributed by atoms with Gasteiger partial charge in [0.2, 0.25) is 0 Å². The number of thiol groups is 1. The second kappa shape index (κ2) is 5.84. The van der Waals surface area contributed by atoms with E-state index in [1.54, 1.807) is 0 Å². The molecule has 1 aromatic heterocycles. The molecular formula is C12H12F3N3O2S. The summed E-state index contributed by atoms with van der Waals surface area (Å²) in [6.45, 7) is -1.07. The molecule has 0 spiro atoms. The number of imidazole rings is 1. The number of fused-ring (bicyclic) bond motifs is 1. The molecule has 0 unspecified atom stereocenters. The third-order valence-corrected chi connectivity index (χ3v) is 3.00. The average molecular weight is 319 g/mol. The number of nitrogens with one attached hydrogen (secondary N) is 2. The Kier molecular flexibility index (Phi) is 4.31. The molecule has 1 heterocycles. The third kappa shape index (κ3) is 3.60. The Bertz CT molecular complexity index is 721. The van der Waals surface area contributed by atoms with Gasteiger partial charge in [0.25, 0.3) is 5.91 Å². The topological polar surface area (TPSA) is 66.9 Å². The highest BCUT2D eigenvalue weighted by molar-refractivity contribution is 7.80. The van der Waals surface area contributed by atoms with E-state index in [-0.39, 0.29) is 16.6 Å². The van der Waals surface area contributed by atoms with Crippen molar-refractivity contribution in [3.8, 4) is 0 Å². The maximum Gasteiger partial charge on any atom is 0.406 e. The number of halogens is 3. The predicted molar refractivity (Wildman–Crippen MR) is 74.8 cm³/mol. The van der Waals surface area contributed by atoms with Crippen LogP contribution in [0, 0.1) is 0 Å². The van der Waals surface area contributed by atoms with E-state index in [9.17, 15) is 22.8 Å². The molecule has 5 nitrogen and oxygen atoms in total. The van der Waals surface area contributed by atoms with Gasteiger partial charge in [-0.1, -0.05) is 0 Å². The Labute approximate surface area is 122 Å². The minimum Gasteiger partial charge on any atom is -0.351 e. The summed E-state index contributed by atoms with van der Waals surface area (Å²) in [5.41, 5.74) is -0.403. The first-order valence-electron chi connectivity index (χ1n) is 6.00. The van der Waals surface area contributed by atoms with Gasteiger partial charge in [-0.05, 0) is 18.2 Å². The number of carbonyl (C=O) groups excluding carboxylic acids is 1. The van der Waals surface area contributed by atoms with Gasteiger partial charge in [-0.3, -0.25) is 9.36 Å². The summed E-state index contributed by atoms with van der Waals surface area (Å²) in [5.74, 6) is 0.00913. The van der Waals surface area contributed by atoms with Crippen LogP contribution in [-0.4, -0.2) is 33.9 Å². The number of aromatic amines is 1. The van der Waals surface area contributed by atoms with Crippen LogP contribution in [-0.2, 0) is 6.54 Å². The van der Waals surface area contributed by atoms with Crippen molar-refractivity contribution in [2.75, 3.05) is 12.3 Å². The smallest absolute Gasteiger partial charge is 0.351 e. The molecule has 0 aliphatic heterocycles. The molecule has 9 heteroatoms. The molecule has 2 rings (SSSR count). The van der Waals surface area contributed by atoms with Gasteiger partial charge in [0.05, 0.1) is 11.0 Å². The molecule has 1 amide bonds. The highest BCUT2D eigenvalue weighted by Crippen LogP contribution is 2.20. The molecule has 0 atom stereocenters. The molecule has 0 saturated heterocycles. The molecule has 0 radical (unpaired) electrons. The van der Waals surface area contributed by atoms with Gasteiger partial charge in [-0.25, -0.2) is 4.79 Å². The molecule has 21 heavy (non-hydrogen) atoms. The largest absolute Gasteiger partial charge is 0.406 e. The van der Waals surface area contributed by atoms with Gasteiger partial charge in [0.15, 0.2) is 0 Å². The second-order valence-electron chi connectivity index (χ2n) is 4.34. The van der Waals surface area contributed by atoms with Crippen LogP contribution in [0.3, 0.4) is 0 Å². The molecule has 0 aliphatic rings. The van der Waals surface area contributed by atoms with Crippen molar-refractivity contribution in [2.45, 2.75) is 12.7 Å². The number of nitrogens with zero attached hydrogens (tertiary/aromatic N) is 1. The Hall–Kier alpha value is -1.90. The Morgan fingerprint density at radius 1 is 1.38 bits per heavy atom. The van der Waals surface area contributed by atoms with E-state index in [4.69, 9.17) is 0 Å². The van der Waals surface area contributed by atoms with E-state index < -0.39 is 24.3 Å². The summed E-state index contributed by atoms with van der Waals surface area (Å²) in [4.78, 5) is 25.7. The zero-order valence-electron chi connectivity index (χ0n) is 10.7. The van der Waals surface area contributed by atoms with Gasteiger partial charge in [-0.15, -0.1) is 0 Å². The molecule has 2 aromatic rings. The van der Waals surface area contributed by atoms with Crippen molar-refractivity contribution in [1.82, 2.24) is 14.9 Å². The Balaban J connectivity index is 2.43. The lowest BCUT2D eigenvalue weighted by Gasteiger charge is -2.08. The quantitative estimate of drug-likeness (QED) is 0.749. The maximum absolute atomic E-state index is 12.5. The van der Waals surface area contributed by atoms with Crippen molar-refractivity contribution >= 4 is 29.6 Å². The van der Waals surface area contributed by atoms with Crippen LogP contribution >= 0.6 is 12.6 Å². The van der Waals surface area contributed by atoms with Crippen molar-refractivity contribution in [3.63, 3.8) is 0 Å². The van der Waals surface area contributed by atoms with Crippen LogP contribution in [0.25, 0.3) is 11.0 Å². The SMILES string of the molecule is O=C(NCCS)c1ccc2[nH]c(=O)n(CC(F)(F)F)c2c1. The maximum atomic E-state index is 12.5. The van der Waals surface area contributed by atoms with Gasteiger partial charge < -0.3 is 10.3 Å². The second-order valence-corrected chi connectivity index (χ2v) is 4.79. The van der Waals surface area contributed by atoms with Crippen LogP contribution in [0.1, 0.15) is 10.4 Å². The van der Waals surface area contributed by atoms with Crippen LogP contribution in [0.15, 0.2) is 23.0 Å². The molecule has 0 saturated carbocycles. The lowest BCUT2D eigenvalue weighted by atomic mass is 10.2. The Morgan fingerprint density at radius 2 is 2.10 bits per heavy atom. The van der Waals surface area contributed by atoms with Crippen LogP contribution in [0.2, 0.25) is 0 Å². The summed E-state index contributed by atoms with van der Waals surface area (Å²) >= 11 is 3.94. The van der Waals surface area contributed by atoms with E-state index >= 15 is 0 Å². The minimum absolute atomic E-state index is 0.0378. The molecule has 0 aliphatic carbocycles. The van der Waals surface area contributed by atoms with Crippen molar-refractivity contribution in [3.05, 3.63) is 34.2 Å². The van der Waals surface area contributed by atoms with Crippen molar-refractivity contribution in [2.24, 2.45) is 0 Å². The molecule has 0 fully saturated rings. The fourth-order valence-corrected chi connectivity index (χ4v) is 2.01. The standard InChI is InChI=1S/C12H12F3N3O2S/c13-12(14,15)6-18-9-5-7(10(19)16-3-4-21)1-2-8(9)17-11(18)20/h1-2,5,21H,3-4,6H2,(H,16,19)(H,17,20). The lowest BCUT2D eigenvalue weighted by molar-refractivity contribution is -0.140. The number of amides is 1. The van der Waals surface area contributed by atoms with Crippen molar-refractivity contribution < 1.29 is 18.0 Å². The number of alkyl halides is 3. The molecule has 114 valence electrons. The highest BCUT2D eigenvalue weighted by atomic mass is 32.1.